The van der Waals surface area contributed by atoms with Crippen LogP contribution in [0.2, 0.25) is 0 Å². The number of aliphatic hydroxyl groups excluding tert-OH is 1. The van der Waals surface area contributed by atoms with E-state index in [4.69, 9.17) is 0 Å². The number of pyridine rings is 1. The van der Waals surface area contributed by atoms with Gasteiger partial charge in [0.15, 0.2) is 0 Å². The summed E-state index contributed by atoms with van der Waals surface area (Å²) >= 11 is 0. The fourth-order valence-electron chi connectivity index (χ4n) is 3.67. The van der Waals surface area contributed by atoms with Crippen molar-refractivity contribution in [3.63, 3.8) is 0 Å². The van der Waals surface area contributed by atoms with Crippen LogP contribution in [0.1, 0.15) is 5.56 Å². The van der Waals surface area contributed by atoms with Crippen molar-refractivity contribution < 1.29 is 14.7 Å². The Morgan fingerprint density at radius 2 is 2.08 bits per heavy atom. The van der Waals surface area contributed by atoms with E-state index in [1.165, 1.54) is 0 Å². The fraction of sp³-hybridized carbons (Fsp3) is 0.389. The normalized spacial score (nSPS) is 24.3. The third kappa shape index (κ3) is 2.85. The average Bonchev–Trinajstić information content (AvgIpc) is 2.65. The number of carbonyl (C=O) groups is 2. The molecule has 0 unspecified atom stereocenters. The summed E-state index contributed by atoms with van der Waals surface area (Å²) < 4.78 is 0. The summed E-state index contributed by atoms with van der Waals surface area (Å²) in [6, 6.07) is 8.73. The Balaban J connectivity index is 1.53. The molecule has 7 heteroatoms. The van der Waals surface area contributed by atoms with E-state index in [9.17, 15) is 14.7 Å². The van der Waals surface area contributed by atoms with Crippen molar-refractivity contribution in [3.05, 3.63) is 42.1 Å². The van der Waals surface area contributed by atoms with Gasteiger partial charge in [0.1, 0.15) is 12.1 Å². The van der Waals surface area contributed by atoms with E-state index in [1.54, 1.807) is 11.1 Å². The summed E-state index contributed by atoms with van der Waals surface area (Å²) in [7, 11) is 0. The summed E-state index contributed by atoms with van der Waals surface area (Å²) in [5, 5.41) is 13.0. The van der Waals surface area contributed by atoms with Gasteiger partial charge in [-0.25, -0.2) is 0 Å². The van der Waals surface area contributed by atoms with Crippen molar-refractivity contribution in [2.24, 2.45) is 0 Å². The highest BCUT2D eigenvalue weighted by molar-refractivity contribution is 5.97. The van der Waals surface area contributed by atoms with Gasteiger partial charge in [0.25, 0.3) is 0 Å². The maximum Gasteiger partial charge on any atom is 0.248 e. The van der Waals surface area contributed by atoms with Crippen LogP contribution in [0.15, 0.2) is 36.5 Å². The smallest absolute Gasteiger partial charge is 0.248 e. The zero-order valence-electron chi connectivity index (χ0n) is 13.8. The third-order valence-corrected chi connectivity index (χ3v) is 4.98. The monoisotopic (exact) mass is 340 g/mol. The van der Waals surface area contributed by atoms with Crippen LogP contribution < -0.4 is 5.32 Å². The SMILES string of the molecule is O=C1N[C@H](CO)C(=O)N2CCN(Cc3cccc4ncccc34)C[C@H]12. The molecule has 2 aliphatic heterocycles. The minimum absolute atomic E-state index is 0.192. The Bertz CT molecular complexity index is 820. The van der Waals surface area contributed by atoms with E-state index in [-0.39, 0.29) is 18.4 Å². The van der Waals surface area contributed by atoms with Crippen LogP contribution >= 0.6 is 0 Å². The predicted octanol–water partition coefficient (Wildman–Crippen LogP) is -0.262. The van der Waals surface area contributed by atoms with Crippen molar-refractivity contribution >= 4 is 22.7 Å². The first-order valence-corrected chi connectivity index (χ1v) is 8.44. The number of carbonyl (C=O) groups excluding carboxylic acids is 2. The van der Waals surface area contributed by atoms with Crippen LogP contribution in [-0.2, 0) is 16.1 Å². The Labute approximate surface area is 145 Å². The molecule has 3 heterocycles. The molecule has 2 aromatic rings. The van der Waals surface area contributed by atoms with E-state index in [0.29, 0.717) is 26.2 Å². The van der Waals surface area contributed by atoms with E-state index in [0.717, 1.165) is 16.5 Å². The van der Waals surface area contributed by atoms with Crippen molar-refractivity contribution in [1.29, 1.82) is 0 Å². The highest BCUT2D eigenvalue weighted by Gasteiger charge is 2.43. The minimum atomic E-state index is -0.806. The summed E-state index contributed by atoms with van der Waals surface area (Å²) in [5.74, 6) is -0.385. The molecule has 0 saturated carbocycles. The van der Waals surface area contributed by atoms with E-state index in [2.05, 4.69) is 27.3 Å². The zero-order chi connectivity index (χ0) is 17.4. The number of benzene rings is 1. The molecule has 130 valence electrons. The van der Waals surface area contributed by atoms with Gasteiger partial charge in [0.2, 0.25) is 11.8 Å². The second-order valence-electron chi connectivity index (χ2n) is 6.51. The molecule has 2 atom stereocenters. The Morgan fingerprint density at radius 3 is 2.92 bits per heavy atom. The average molecular weight is 340 g/mol. The molecule has 2 fully saturated rings. The highest BCUT2D eigenvalue weighted by atomic mass is 16.3. The van der Waals surface area contributed by atoms with Crippen molar-refractivity contribution in [1.82, 2.24) is 20.1 Å². The van der Waals surface area contributed by atoms with Crippen LogP contribution in [-0.4, -0.2) is 70.0 Å². The van der Waals surface area contributed by atoms with Crippen LogP contribution in [0.25, 0.3) is 10.9 Å². The molecular weight excluding hydrogens is 320 g/mol. The zero-order valence-corrected chi connectivity index (χ0v) is 13.8. The minimum Gasteiger partial charge on any atom is -0.394 e. The molecule has 1 aromatic carbocycles. The highest BCUT2D eigenvalue weighted by Crippen LogP contribution is 2.21. The van der Waals surface area contributed by atoms with Gasteiger partial charge in [0.05, 0.1) is 12.1 Å². The first-order chi connectivity index (χ1) is 12.2. The van der Waals surface area contributed by atoms with E-state index < -0.39 is 12.1 Å². The number of rotatable bonds is 3. The molecule has 0 spiro atoms. The maximum absolute atomic E-state index is 12.3. The number of hydrogen-bond donors (Lipinski definition) is 2. The van der Waals surface area contributed by atoms with E-state index >= 15 is 0 Å². The number of aromatic nitrogens is 1. The first-order valence-electron chi connectivity index (χ1n) is 8.44. The van der Waals surface area contributed by atoms with E-state index in [1.807, 2.05) is 18.2 Å². The number of aliphatic hydroxyl groups is 1. The number of piperazine rings is 2. The summed E-state index contributed by atoms with van der Waals surface area (Å²) in [5.41, 5.74) is 2.12. The molecule has 2 N–H and O–H groups in total. The van der Waals surface area contributed by atoms with Crippen LogP contribution in [0.5, 0.6) is 0 Å². The summed E-state index contributed by atoms with van der Waals surface area (Å²) in [6.45, 7) is 2.03. The lowest BCUT2D eigenvalue weighted by Crippen LogP contribution is -2.69. The third-order valence-electron chi connectivity index (χ3n) is 4.98. The second kappa shape index (κ2) is 6.42. The number of nitrogens with one attached hydrogen (secondary N) is 1. The van der Waals surface area contributed by atoms with Crippen LogP contribution in [0.3, 0.4) is 0 Å². The van der Waals surface area contributed by atoms with Crippen molar-refractivity contribution in [3.8, 4) is 0 Å². The maximum atomic E-state index is 12.3. The fourth-order valence-corrected chi connectivity index (χ4v) is 3.67. The number of hydrogen-bond acceptors (Lipinski definition) is 5. The van der Waals surface area contributed by atoms with Crippen molar-refractivity contribution in [2.75, 3.05) is 26.2 Å². The lowest BCUT2D eigenvalue weighted by Gasteiger charge is -2.45. The number of amides is 2. The predicted molar refractivity (Wildman–Crippen MR) is 91.5 cm³/mol. The molecule has 0 aliphatic carbocycles. The lowest BCUT2D eigenvalue weighted by atomic mass is 10.0. The molecular formula is C18H20N4O3. The molecule has 0 bridgehead atoms. The van der Waals surface area contributed by atoms with Gasteiger partial charge in [-0.3, -0.25) is 19.5 Å². The molecule has 2 saturated heterocycles. The number of fused-ring (bicyclic) bond motifs is 2. The first kappa shape index (κ1) is 16.0. The van der Waals surface area contributed by atoms with Gasteiger partial charge in [-0.15, -0.1) is 0 Å². The molecule has 1 aromatic heterocycles. The molecule has 0 radical (unpaired) electrons. The largest absolute Gasteiger partial charge is 0.394 e. The van der Waals surface area contributed by atoms with Gasteiger partial charge in [-0.05, 0) is 17.7 Å². The van der Waals surface area contributed by atoms with Gasteiger partial charge < -0.3 is 15.3 Å². The molecule has 2 amide bonds. The molecule has 4 rings (SSSR count). The topological polar surface area (TPSA) is 85.8 Å². The van der Waals surface area contributed by atoms with Crippen LogP contribution in [0, 0.1) is 0 Å². The van der Waals surface area contributed by atoms with Gasteiger partial charge in [-0.1, -0.05) is 18.2 Å². The van der Waals surface area contributed by atoms with Gasteiger partial charge >= 0.3 is 0 Å². The molecule has 2 aliphatic rings. The summed E-state index contributed by atoms with van der Waals surface area (Å²) in [4.78, 5) is 32.8. The Kier molecular flexibility index (Phi) is 4.10. The summed E-state index contributed by atoms with van der Waals surface area (Å²) in [6.07, 6.45) is 1.78. The Hall–Kier alpha value is -2.51. The van der Waals surface area contributed by atoms with Gasteiger partial charge in [0, 0.05) is 37.8 Å². The van der Waals surface area contributed by atoms with Crippen molar-refractivity contribution in [2.45, 2.75) is 18.6 Å². The standard InChI is InChI=1S/C18H20N4O3/c23-11-15-18(25)22-8-7-21(10-16(22)17(24)20-15)9-12-3-1-5-14-13(12)4-2-6-19-14/h1-6,15-16,23H,7-11H2,(H,20,24)/t15-,16-/m1/s1. The molecule has 7 nitrogen and oxygen atoms in total. The quantitative estimate of drug-likeness (QED) is 0.804. The lowest BCUT2D eigenvalue weighted by molar-refractivity contribution is -0.154. The second-order valence-corrected chi connectivity index (χ2v) is 6.51. The Morgan fingerprint density at radius 1 is 1.20 bits per heavy atom. The number of nitrogens with zero attached hydrogens (tertiary/aromatic N) is 3. The van der Waals surface area contributed by atoms with Gasteiger partial charge in [-0.2, -0.15) is 0 Å². The van der Waals surface area contributed by atoms with Crippen LogP contribution in [0.4, 0.5) is 0 Å². The molecule has 25 heavy (non-hydrogen) atoms.